The van der Waals surface area contributed by atoms with Gasteiger partial charge >= 0.3 is 5.97 Å². The maximum atomic E-state index is 13.2. The van der Waals surface area contributed by atoms with E-state index in [2.05, 4.69) is 36.8 Å². The number of nitrogen functional groups attached to an aromatic ring is 1. The van der Waals surface area contributed by atoms with Crippen LogP contribution in [-0.4, -0.2) is 11.0 Å². The molecule has 20 heavy (non-hydrogen) atoms. The van der Waals surface area contributed by atoms with E-state index in [-0.39, 0.29) is 17.9 Å². The molecule has 1 heterocycles. The molecular formula is C13H9Br2FN2O2. The number of anilines is 1. The number of carbonyl (C=O) groups excluding carboxylic acids is 1. The first-order valence-electron chi connectivity index (χ1n) is 5.48. The molecule has 1 aromatic carbocycles. The average molecular weight is 404 g/mol. The van der Waals surface area contributed by atoms with E-state index in [1.54, 1.807) is 18.5 Å². The zero-order valence-electron chi connectivity index (χ0n) is 10.1. The van der Waals surface area contributed by atoms with Crippen LogP contribution in [0, 0.1) is 5.82 Å². The van der Waals surface area contributed by atoms with Gasteiger partial charge in [-0.25, -0.2) is 9.18 Å². The topological polar surface area (TPSA) is 65.2 Å². The van der Waals surface area contributed by atoms with E-state index >= 15 is 0 Å². The minimum Gasteiger partial charge on any atom is -0.457 e. The van der Waals surface area contributed by atoms with Gasteiger partial charge in [0.05, 0.1) is 11.3 Å². The molecule has 0 aliphatic heterocycles. The molecule has 7 heteroatoms. The van der Waals surface area contributed by atoms with Gasteiger partial charge in [-0.1, -0.05) is 0 Å². The Morgan fingerprint density at radius 2 is 2.05 bits per heavy atom. The highest BCUT2D eigenvalue weighted by atomic mass is 79.9. The number of rotatable bonds is 3. The molecule has 104 valence electrons. The molecule has 0 aliphatic carbocycles. The molecule has 0 fully saturated rings. The van der Waals surface area contributed by atoms with Crippen molar-refractivity contribution in [2.45, 2.75) is 6.61 Å². The van der Waals surface area contributed by atoms with E-state index in [4.69, 9.17) is 10.5 Å². The summed E-state index contributed by atoms with van der Waals surface area (Å²) in [5, 5.41) is 0. The summed E-state index contributed by atoms with van der Waals surface area (Å²) in [6.45, 7) is 0.0645. The summed E-state index contributed by atoms with van der Waals surface area (Å²) in [6, 6.07) is 4.15. The summed E-state index contributed by atoms with van der Waals surface area (Å²) < 4.78 is 19.4. The quantitative estimate of drug-likeness (QED) is 0.627. The molecule has 1 aromatic heterocycles. The fourth-order valence-electron chi connectivity index (χ4n) is 1.48. The van der Waals surface area contributed by atoms with Crippen LogP contribution in [0.4, 0.5) is 10.1 Å². The maximum absolute atomic E-state index is 13.2. The van der Waals surface area contributed by atoms with Crippen LogP contribution in [0.5, 0.6) is 0 Å². The first-order chi connectivity index (χ1) is 9.47. The van der Waals surface area contributed by atoms with Crippen LogP contribution in [0.2, 0.25) is 0 Å². The van der Waals surface area contributed by atoms with E-state index in [0.29, 0.717) is 4.47 Å². The second kappa shape index (κ2) is 6.32. The standard InChI is InChI=1S/C13H9Br2FN2O2/c14-8-1-7(4-18-5-8)6-20-13(19)9-2-12(17)11(16)3-10(9)15/h1-5H,6,17H2. The van der Waals surface area contributed by atoms with Gasteiger partial charge < -0.3 is 10.5 Å². The van der Waals surface area contributed by atoms with Gasteiger partial charge in [-0.3, -0.25) is 4.98 Å². The summed E-state index contributed by atoms with van der Waals surface area (Å²) in [5.74, 6) is -1.19. The van der Waals surface area contributed by atoms with Crippen LogP contribution in [0.25, 0.3) is 0 Å². The Labute approximate surface area is 131 Å². The van der Waals surface area contributed by atoms with Crippen molar-refractivity contribution in [2.75, 3.05) is 5.73 Å². The third kappa shape index (κ3) is 3.55. The van der Waals surface area contributed by atoms with E-state index in [9.17, 15) is 9.18 Å². The highest BCUT2D eigenvalue weighted by Crippen LogP contribution is 2.24. The van der Waals surface area contributed by atoms with E-state index < -0.39 is 11.8 Å². The van der Waals surface area contributed by atoms with Crippen molar-refractivity contribution >= 4 is 43.5 Å². The number of halogens is 3. The third-order valence-corrected chi connectivity index (χ3v) is 3.53. The molecule has 4 nitrogen and oxygen atoms in total. The normalized spacial score (nSPS) is 10.3. The smallest absolute Gasteiger partial charge is 0.339 e. The predicted octanol–water partition coefficient (Wildman–Crippen LogP) is 3.68. The Balaban J connectivity index is 2.11. The van der Waals surface area contributed by atoms with Crippen molar-refractivity contribution in [3.8, 4) is 0 Å². The number of ether oxygens (including phenoxy) is 1. The summed E-state index contributed by atoms with van der Waals surface area (Å²) in [5.41, 5.74) is 6.24. The highest BCUT2D eigenvalue weighted by molar-refractivity contribution is 9.10. The first-order valence-corrected chi connectivity index (χ1v) is 7.07. The SMILES string of the molecule is Nc1cc(C(=O)OCc2cncc(Br)c2)c(Br)cc1F. The Bertz CT molecular complexity index is 665. The molecule has 0 spiro atoms. The van der Waals surface area contributed by atoms with Crippen molar-refractivity contribution in [1.29, 1.82) is 0 Å². The van der Waals surface area contributed by atoms with Crippen molar-refractivity contribution < 1.29 is 13.9 Å². The number of pyridine rings is 1. The molecule has 0 unspecified atom stereocenters. The number of hydrogen-bond donors (Lipinski definition) is 1. The molecule has 2 rings (SSSR count). The lowest BCUT2D eigenvalue weighted by Crippen LogP contribution is -2.08. The summed E-state index contributed by atoms with van der Waals surface area (Å²) in [6.07, 6.45) is 3.22. The molecule has 0 amide bonds. The Morgan fingerprint density at radius 1 is 1.30 bits per heavy atom. The van der Waals surface area contributed by atoms with Gasteiger partial charge in [0.1, 0.15) is 12.4 Å². The van der Waals surface area contributed by atoms with Gasteiger partial charge in [0, 0.05) is 26.9 Å². The Morgan fingerprint density at radius 3 is 2.75 bits per heavy atom. The number of hydrogen-bond acceptors (Lipinski definition) is 4. The summed E-state index contributed by atoms with van der Waals surface area (Å²) in [4.78, 5) is 15.9. The van der Waals surface area contributed by atoms with Crippen LogP contribution in [0.3, 0.4) is 0 Å². The third-order valence-electron chi connectivity index (χ3n) is 2.44. The Kier molecular flexibility index (Phi) is 4.72. The number of benzene rings is 1. The average Bonchev–Trinajstić information content (AvgIpc) is 2.40. The van der Waals surface area contributed by atoms with E-state index in [1.807, 2.05) is 0 Å². The van der Waals surface area contributed by atoms with Crippen LogP contribution in [0.1, 0.15) is 15.9 Å². The largest absolute Gasteiger partial charge is 0.457 e. The van der Waals surface area contributed by atoms with Crippen molar-refractivity contribution in [3.05, 3.63) is 56.5 Å². The number of nitrogens with zero attached hydrogens (tertiary/aromatic N) is 1. The van der Waals surface area contributed by atoms with Gasteiger partial charge in [0.2, 0.25) is 0 Å². The minimum atomic E-state index is -0.594. The molecule has 0 saturated carbocycles. The van der Waals surface area contributed by atoms with Crippen LogP contribution < -0.4 is 5.73 Å². The molecule has 0 saturated heterocycles. The van der Waals surface area contributed by atoms with E-state index in [0.717, 1.165) is 16.1 Å². The van der Waals surface area contributed by atoms with Crippen LogP contribution in [-0.2, 0) is 11.3 Å². The van der Waals surface area contributed by atoms with Gasteiger partial charge in [-0.15, -0.1) is 0 Å². The maximum Gasteiger partial charge on any atom is 0.339 e. The molecule has 0 atom stereocenters. The summed E-state index contributed by atoms with van der Waals surface area (Å²) >= 11 is 6.38. The molecule has 0 aliphatic rings. The van der Waals surface area contributed by atoms with Gasteiger partial charge in [-0.2, -0.15) is 0 Å². The molecule has 2 N–H and O–H groups in total. The fourth-order valence-corrected chi connectivity index (χ4v) is 2.37. The van der Waals surface area contributed by atoms with Gasteiger partial charge in [0.25, 0.3) is 0 Å². The number of nitrogens with two attached hydrogens (primary N) is 1. The van der Waals surface area contributed by atoms with Crippen LogP contribution in [0.15, 0.2) is 39.5 Å². The van der Waals surface area contributed by atoms with Gasteiger partial charge in [-0.05, 0) is 50.1 Å². The molecule has 2 aromatic rings. The van der Waals surface area contributed by atoms with Gasteiger partial charge in [0.15, 0.2) is 0 Å². The first kappa shape index (κ1) is 14.9. The second-order valence-corrected chi connectivity index (χ2v) is 5.71. The zero-order valence-corrected chi connectivity index (χ0v) is 13.2. The lowest BCUT2D eigenvalue weighted by molar-refractivity contribution is 0.0471. The van der Waals surface area contributed by atoms with Crippen molar-refractivity contribution in [3.63, 3.8) is 0 Å². The lowest BCUT2D eigenvalue weighted by atomic mass is 10.2. The van der Waals surface area contributed by atoms with E-state index in [1.165, 1.54) is 6.07 Å². The molecule has 0 radical (unpaired) electrons. The highest BCUT2D eigenvalue weighted by Gasteiger charge is 2.15. The van der Waals surface area contributed by atoms with Crippen molar-refractivity contribution in [1.82, 2.24) is 4.98 Å². The zero-order chi connectivity index (χ0) is 14.7. The monoisotopic (exact) mass is 402 g/mol. The predicted molar refractivity (Wildman–Crippen MR) is 79.6 cm³/mol. The fraction of sp³-hybridized carbons (Fsp3) is 0.0769. The molecular weight excluding hydrogens is 395 g/mol. The summed E-state index contributed by atoms with van der Waals surface area (Å²) in [7, 11) is 0. The van der Waals surface area contributed by atoms with Crippen molar-refractivity contribution in [2.24, 2.45) is 0 Å². The number of carbonyl (C=O) groups is 1. The minimum absolute atomic E-state index is 0.0645. The number of esters is 1. The molecule has 0 bridgehead atoms. The van der Waals surface area contributed by atoms with Crippen LogP contribution >= 0.6 is 31.9 Å². The Hall–Kier alpha value is -1.47. The number of aromatic nitrogens is 1. The second-order valence-electron chi connectivity index (χ2n) is 3.94. The lowest BCUT2D eigenvalue weighted by Gasteiger charge is -2.08.